The normalized spacial score (nSPS) is 15.8. The topological polar surface area (TPSA) is 55.6 Å². The lowest BCUT2D eigenvalue weighted by atomic mass is 9.93. The van der Waals surface area contributed by atoms with E-state index in [1.807, 2.05) is 30.3 Å². The van der Waals surface area contributed by atoms with Crippen molar-refractivity contribution in [2.75, 3.05) is 0 Å². The van der Waals surface area contributed by atoms with Crippen molar-refractivity contribution in [3.8, 4) is 5.69 Å². The van der Waals surface area contributed by atoms with Crippen LogP contribution < -0.4 is 5.32 Å². The molecule has 3 rings (SSSR count). The van der Waals surface area contributed by atoms with Crippen molar-refractivity contribution in [3.05, 3.63) is 36.2 Å². The van der Waals surface area contributed by atoms with Crippen molar-refractivity contribution < 1.29 is 0 Å². The average Bonchev–Trinajstić information content (AvgIpc) is 2.76. The van der Waals surface area contributed by atoms with Crippen molar-refractivity contribution in [2.24, 2.45) is 0 Å². The molecule has 0 spiro atoms. The van der Waals surface area contributed by atoms with E-state index in [1.54, 1.807) is 4.68 Å². The molecule has 1 aromatic carbocycles. The van der Waals surface area contributed by atoms with Crippen LogP contribution in [-0.4, -0.2) is 26.2 Å². The fourth-order valence-electron chi connectivity index (χ4n) is 1.93. The largest absolute Gasteiger partial charge is 0.307 e. The quantitative estimate of drug-likeness (QED) is 0.858. The summed E-state index contributed by atoms with van der Waals surface area (Å²) in [5.74, 6) is 0.864. The number of benzene rings is 1. The minimum absolute atomic E-state index is 0.649. The SMILES string of the molecule is c1ccc(-n2nnnc2CNC2CCC2)cc1. The van der Waals surface area contributed by atoms with Crippen LogP contribution in [0.4, 0.5) is 0 Å². The van der Waals surface area contributed by atoms with Gasteiger partial charge in [-0.2, -0.15) is 4.68 Å². The lowest BCUT2D eigenvalue weighted by molar-refractivity contribution is 0.334. The average molecular weight is 229 g/mol. The van der Waals surface area contributed by atoms with E-state index in [1.165, 1.54) is 19.3 Å². The summed E-state index contributed by atoms with van der Waals surface area (Å²) in [6.07, 6.45) is 3.88. The predicted molar refractivity (Wildman–Crippen MR) is 63.6 cm³/mol. The highest BCUT2D eigenvalue weighted by Gasteiger charge is 2.17. The van der Waals surface area contributed by atoms with Gasteiger partial charge in [0.15, 0.2) is 5.82 Å². The second-order valence-corrected chi connectivity index (χ2v) is 4.35. The Bertz CT molecular complexity index is 475. The van der Waals surface area contributed by atoms with E-state index in [0.717, 1.165) is 18.1 Å². The van der Waals surface area contributed by atoms with Crippen LogP contribution in [0.15, 0.2) is 30.3 Å². The summed E-state index contributed by atoms with van der Waals surface area (Å²) in [4.78, 5) is 0. The first kappa shape index (κ1) is 10.4. The second-order valence-electron chi connectivity index (χ2n) is 4.35. The molecule has 0 atom stereocenters. The Morgan fingerprint density at radius 1 is 1.24 bits per heavy atom. The molecule has 0 amide bonds. The Kier molecular flexibility index (Phi) is 2.83. The number of aromatic nitrogens is 4. The van der Waals surface area contributed by atoms with E-state index in [0.29, 0.717) is 6.04 Å². The Hall–Kier alpha value is -1.75. The lowest BCUT2D eigenvalue weighted by Crippen LogP contribution is -2.35. The van der Waals surface area contributed by atoms with E-state index in [-0.39, 0.29) is 0 Å². The Labute approximate surface area is 99.8 Å². The molecule has 1 aromatic heterocycles. The van der Waals surface area contributed by atoms with Crippen LogP contribution in [0.5, 0.6) is 0 Å². The number of para-hydroxylation sites is 1. The number of nitrogens with one attached hydrogen (secondary N) is 1. The summed E-state index contributed by atoms with van der Waals surface area (Å²) in [5, 5.41) is 15.3. The molecule has 88 valence electrons. The van der Waals surface area contributed by atoms with Gasteiger partial charge in [-0.25, -0.2) is 0 Å². The maximum absolute atomic E-state index is 4.06. The van der Waals surface area contributed by atoms with Crippen LogP contribution in [-0.2, 0) is 6.54 Å². The Morgan fingerprint density at radius 2 is 2.06 bits per heavy atom. The van der Waals surface area contributed by atoms with Crippen LogP contribution in [0.25, 0.3) is 5.69 Å². The van der Waals surface area contributed by atoms with Crippen molar-refractivity contribution in [1.29, 1.82) is 0 Å². The summed E-state index contributed by atoms with van der Waals surface area (Å²) in [6.45, 7) is 0.729. The zero-order valence-corrected chi connectivity index (χ0v) is 9.58. The fraction of sp³-hybridized carbons (Fsp3) is 0.417. The Morgan fingerprint density at radius 3 is 2.76 bits per heavy atom. The van der Waals surface area contributed by atoms with Crippen molar-refractivity contribution in [2.45, 2.75) is 31.8 Å². The van der Waals surface area contributed by atoms with Gasteiger partial charge < -0.3 is 5.32 Å². The summed E-state index contributed by atoms with van der Waals surface area (Å²) >= 11 is 0. The monoisotopic (exact) mass is 229 g/mol. The third kappa shape index (κ3) is 2.19. The molecule has 1 fully saturated rings. The molecule has 0 aliphatic heterocycles. The zero-order valence-electron chi connectivity index (χ0n) is 9.58. The molecule has 0 unspecified atom stereocenters. The van der Waals surface area contributed by atoms with Crippen molar-refractivity contribution in [3.63, 3.8) is 0 Å². The molecule has 0 saturated heterocycles. The van der Waals surface area contributed by atoms with E-state index >= 15 is 0 Å². The molecule has 1 aliphatic rings. The highest BCUT2D eigenvalue weighted by atomic mass is 15.5. The van der Waals surface area contributed by atoms with Crippen molar-refractivity contribution in [1.82, 2.24) is 25.5 Å². The van der Waals surface area contributed by atoms with Gasteiger partial charge in [0.2, 0.25) is 0 Å². The molecule has 0 radical (unpaired) electrons. The van der Waals surface area contributed by atoms with Gasteiger partial charge in [-0.05, 0) is 35.4 Å². The van der Waals surface area contributed by atoms with Gasteiger partial charge in [-0.3, -0.25) is 0 Å². The first-order chi connectivity index (χ1) is 8.43. The molecule has 1 heterocycles. The summed E-state index contributed by atoms with van der Waals surface area (Å²) < 4.78 is 1.78. The highest BCUT2D eigenvalue weighted by Crippen LogP contribution is 2.18. The molecule has 0 bridgehead atoms. The van der Waals surface area contributed by atoms with Gasteiger partial charge in [0.25, 0.3) is 0 Å². The van der Waals surface area contributed by atoms with E-state index < -0.39 is 0 Å². The zero-order chi connectivity index (χ0) is 11.5. The van der Waals surface area contributed by atoms with Gasteiger partial charge in [0, 0.05) is 6.04 Å². The first-order valence-corrected chi connectivity index (χ1v) is 5.99. The third-order valence-electron chi connectivity index (χ3n) is 3.19. The number of hydrogen-bond donors (Lipinski definition) is 1. The van der Waals surface area contributed by atoms with Crippen LogP contribution in [0.3, 0.4) is 0 Å². The fourth-order valence-corrected chi connectivity index (χ4v) is 1.93. The lowest BCUT2D eigenvalue weighted by Gasteiger charge is -2.26. The maximum Gasteiger partial charge on any atom is 0.170 e. The minimum atomic E-state index is 0.649. The summed E-state index contributed by atoms with van der Waals surface area (Å²) in [7, 11) is 0. The van der Waals surface area contributed by atoms with Gasteiger partial charge in [-0.15, -0.1) is 5.10 Å². The smallest absolute Gasteiger partial charge is 0.170 e. The van der Waals surface area contributed by atoms with Gasteiger partial charge in [0.1, 0.15) is 0 Å². The number of hydrogen-bond acceptors (Lipinski definition) is 4. The van der Waals surface area contributed by atoms with E-state index in [2.05, 4.69) is 20.8 Å². The molecule has 1 saturated carbocycles. The number of rotatable bonds is 4. The van der Waals surface area contributed by atoms with Crippen LogP contribution in [0, 0.1) is 0 Å². The molecule has 1 aliphatic carbocycles. The molecule has 5 heteroatoms. The molecule has 2 aromatic rings. The summed E-state index contributed by atoms with van der Waals surface area (Å²) in [5.41, 5.74) is 1.00. The van der Waals surface area contributed by atoms with Crippen LogP contribution in [0.2, 0.25) is 0 Å². The minimum Gasteiger partial charge on any atom is -0.307 e. The highest BCUT2D eigenvalue weighted by molar-refractivity contribution is 5.30. The Balaban J connectivity index is 1.74. The van der Waals surface area contributed by atoms with Crippen molar-refractivity contribution >= 4 is 0 Å². The van der Waals surface area contributed by atoms with Crippen LogP contribution in [0.1, 0.15) is 25.1 Å². The standard InChI is InChI=1S/C12H15N5/c1-2-7-11(8-3-1)17-12(14-15-16-17)9-13-10-5-4-6-10/h1-3,7-8,10,13H,4-6,9H2. The number of tetrazole rings is 1. The summed E-state index contributed by atoms with van der Waals surface area (Å²) in [6, 6.07) is 10.6. The van der Waals surface area contributed by atoms with Gasteiger partial charge in [-0.1, -0.05) is 24.6 Å². The first-order valence-electron chi connectivity index (χ1n) is 5.99. The van der Waals surface area contributed by atoms with E-state index in [4.69, 9.17) is 0 Å². The molecular formula is C12H15N5. The number of nitrogens with zero attached hydrogens (tertiary/aromatic N) is 4. The van der Waals surface area contributed by atoms with E-state index in [9.17, 15) is 0 Å². The molecule has 1 N–H and O–H groups in total. The molecule has 17 heavy (non-hydrogen) atoms. The third-order valence-corrected chi connectivity index (χ3v) is 3.19. The predicted octanol–water partition coefficient (Wildman–Crippen LogP) is 1.30. The van der Waals surface area contributed by atoms with Gasteiger partial charge in [0.05, 0.1) is 12.2 Å². The molecular weight excluding hydrogens is 214 g/mol. The second kappa shape index (κ2) is 4.63. The maximum atomic E-state index is 4.06. The van der Waals surface area contributed by atoms with Gasteiger partial charge >= 0.3 is 0 Å². The molecule has 5 nitrogen and oxygen atoms in total. The van der Waals surface area contributed by atoms with Crippen LogP contribution >= 0.6 is 0 Å².